The molecule has 0 unspecified atom stereocenters. The summed E-state index contributed by atoms with van der Waals surface area (Å²) >= 11 is 7.59. The SMILES string of the molecule is CCOC(=O)C1=C(CN2CC(F)(F)[C@@H]3[C@H]2CON3C[C@H](O)C(C)(C)C(=O)O)NC(c2nccs2)=N[C@H]1c1cccc(F)c1Cl. The van der Waals surface area contributed by atoms with Gasteiger partial charge in [-0.25, -0.2) is 22.9 Å². The quantitative estimate of drug-likeness (QED) is 0.327. The lowest BCUT2D eigenvalue weighted by Crippen LogP contribution is -2.51. The molecule has 238 valence electrons. The molecule has 0 saturated carbocycles. The van der Waals surface area contributed by atoms with Gasteiger partial charge < -0.3 is 20.3 Å². The molecule has 4 heterocycles. The van der Waals surface area contributed by atoms with Gasteiger partial charge in [-0.15, -0.1) is 11.3 Å². The van der Waals surface area contributed by atoms with Gasteiger partial charge in [-0.2, -0.15) is 5.06 Å². The van der Waals surface area contributed by atoms with Crippen molar-refractivity contribution in [3.05, 3.63) is 62.5 Å². The Morgan fingerprint density at radius 2 is 2.11 bits per heavy atom. The van der Waals surface area contributed by atoms with E-state index >= 15 is 8.78 Å². The normalized spacial score (nSPS) is 24.5. The molecule has 3 N–H and O–H groups in total. The van der Waals surface area contributed by atoms with E-state index in [-0.39, 0.29) is 47.5 Å². The van der Waals surface area contributed by atoms with Crippen molar-refractivity contribution in [2.24, 2.45) is 10.4 Å². The average Bonchev–Trinajstić information content (AvgIpc) is 3.69. The van der Waals surface area contributed by atoms with Gasteiger partial charge in [0, 0.05) is 29.4 Å². The zero-order valence-electron chi connectivity index (χ0n) is 24.0. The number of rotatable bonds is 10. The molecule has 16 heteroatoms. The fourth-order valence-electron chi connectivity index (χ4n) is 5.47. The molecule has 2 fully saturated rings. The second kappa shape index (κ2) is 12.4. The Morgan fingerprint density at radius 3 is 2.77 bits per heavy atom. The van der Waals surface area contributed by atoms with Crippen molar-refractivity contribution < 1.29 is 42.5 Å². The number of esters is 1. The molecule has 0 spiro atoms. The van der Waals surface area contributed by atoms with E-state index in [2.05, 4.69) is 15.3 Å². The Labute approximate surface area is 259 Å². The maximum Gasteiger partial charge on any atom is 0.338 e. The van der Waals surface area contributed by atoms with Gasteiger partial charge >= 0.3 is 11.9 Å². The second-order valence-electron chi connectivity index (χ2n) is 11.2. The zero-order valence-corrected chi connectivity index (χ0v) is 25.5. The van der Waals surface area contributed by atoms with E-state index in [1.807, 2.05) is 0 Å². The Kier molecular flexibility index (Phi) is 9.08. The second-order valence-corrected chi connectivity index (χ2v) is 12.5. The van der Waals surface area contributed by atoms with Crippen LogP contribution in [-0.4, -0.2) is 99.9 Å². The summed E-state index contributed by atoms with van der Waals surface area (Å²) in [5, 5.41) is 26.0. The van der Waals surface area contributed by atoms with E-state index < -0.39 is 66.4 Å². The van der Waals surface area contributed by atoms with Crippen LogP contribution in [0.3, 0.4) is 0 Å². The highest BCUT2D eigenvalue weighted by atomic mass is 35.5. The van der Waals surface area contributed by atoms with Crippen LogP contribution in [0.5, 0.6) is 0 Å². The van der Waals surface area contributed by atoms with E-state index in [1.54, 1.807) is 18.5 Å². The number of alkyl halides is 2. The molecule has 2 aromatic rings. The number of hydrogen-bond donors (Lipinski definition) is 3. The van der Waals surface area contributed by atoms with Crippen LogP contribution >= 0.6 is 22.9 Å². The number of amidine groups is 1. The van der Waals surface area contributed by atoms with Crippen LogP contribution in [0.15, 0.2) is 46.0 Å². The van der Waals surface area contributed by atoms with Crippen molar-refractivity contribution in [2.45, 2.75) is 50.9 Å². The van der Waals surface area contributed by atoms with Crippen molar-refractivity contribution in [3.8, 4) is 0 Å². The van der Waals surface area contributed by atoms with Gasteiger partial charge in [0.05, 0.1) is 54.5 Å². The number of carbonyl (C=O) groups is 2. The van der Waals surface area contributed by atoms with Gasteiger partial charge in [0.1, 0.15) is 17.9 Å². The first-order valence-electron chi connectivity index (χ1n) is 13.8. The summed E-state index contributed by atoms with van der Waals surface area (Å²) < 4.78 is 51.1. The van der Waals surface area contributed by atoms with Gasteiger partial charge in [0.2, 0.25) is 0 Å². The number of likely N-dealkylation sites (tertiary alicyclic amines) is 1. The molecule has 1 aromatic heterocycles. The number of aliphatic hydroxyl groups is 1. The first-order chi connectivity index (χ1) is 20.8. The van der Waals surface area contributed by atoms with Crippen LogP contribution in [0, 0.1) is 11.2 Å². The number of hydrogen-bond acceptors (Lipinski definition) is 11. The number of aromatic nitrogens is 1. The third kappa shape index (κ3) is 5.96. The molecule has 2 saturated heterocycles. The lowest BCUT2D eigenvalue weighted by molar-refractivity contribution is -0.202. The number of thiazole rings is 1. The molecule has 0 radical (unpaired) electrons. The smallest absolute Gasteiger partial charge is 0.338 e. The Balaban J connectivity index is 1.51. The van der Waals surface area contributed by atoms with E-state index in [1.165, 1.54) is 48.3 Å². The first kappa shape index (κ1) is 32.3. The van der Waals surface area contributed by atoms with Crippen LogP contribution in [0.1, 0.15) is 37.4 Å². The number of aliphatic hydroxyl groups excluding tert-OH is 1. The van der Waals surface area contributed by atoms with E-state index in [0.717, 1.165) is 5.06 Å². The highest BCUT2D eigenvalue weighted by molar-refractivity contribution is 7.11. The molecule has 0 bridgehead atoms. The number of halogens is 4. The number of aliphatic imine (C=N–C) groups is 1. The topological polar surface area (TPSA) is 137 Å². The van der Waals surface area contributed by atoms with E-state index in [0.29, 0.717) is 5.01 Å². The Morgan fingerprint density at radius 1 is 1.36 bits per heavy atom. The van der Waals surface area contributed by atoms with Crippen LogP contribution in [0.4, 0.5) is 13.2 Å². The molecular weight excluding hydrogens is 627 g/mol. The fraction of sp³-hybridized carbons (Fsp3) is 0.500. The van der Waals surface area contributed by atoms with Gasteiger partial charge in [-0.1, -0.05) is 23.7 Å². The number of carbonyl (C=O) groups excluding carboxylic acids is 1. The maximum atomic E-state index is 15.6. The minimum absolute atomic E-state index is 0.00652. The molecule has 3 aliphatic heterocycles. The number of β-amino-alcohol motifs (C(OH)–C–C–N with tert-alkyl or cyclic N) is 1. The number of carboxylic acid groups (broad SMARTS) is 1. The van der Waals surface area contributed by atoms with Crippen molar-refractivity contribution in [3.63, 3.8) is 0 Å². The molecule has 3 aliphatic rings. The predicted octanol–water partition coefficient (Wildman–Crippen LogP) is 3.25. The molecule has 0 amide bonds. The first-order valence-corrected chi connectivity index (χ1v) is 15.0. The van der Waals surface area contributed by atoms with Crippen molar-refractivity contribution in [1.29, 1.82) is 0 Å². The third-order valence-electron chi connectivity index (χ3n) is 8.03. The van der Waals surface area contributed by atoms with Crippen LogP contribution in [-0.2, 0) is 19.2 Å². The maximum absolute atomic E-state index is 15.6. The molecular formula is C28H31ClF3N5O6S. The predicted molar refractivity (Wildman–Crippen MR) is 154 cm³/mol. The summed E-state index contributed by atoms with van der Waals surface area (Å²) in [7, 11) is 0. The number of hydroxylamine groups is 2. The van der Waals surface area contributed by atoms with E-state index in [4.69, 9.17) is 21.2 Å². The van der Waals surface area contributed by atoms with Gasteiger partial charge in [-0.3, -0.25) is 19.5 Å². The molecule has 44 heavy (non-hydrogen) atoms. The third-order valence-corrected chi connectivity index (χ3v) is 9.21. The lowest BCUT2D eigenvalue weighted by Gasteiger charge is -2.32. The molecule has 5 rings (SSSR count). The molecule has 0 aliphatic carbocycles. The Hall–Kier alpha value is -3.08. The zero-order chi connectivity index (χ0) is 32.0. The Bertz CT molecular complexity index is 1490. The number of nitrogens with one attached hydrogen (secondary N) is 1. The summed E-state index contributed by atoms with van der Waals surface area (Å²) in [5.74, 6) is -5.89. The number of ether oxygens (including phenoxy) is 1. The van der Waals surface area contributed by atoms with E-state index in [9.17, 15) is 24.2 Å². The summed E-state index contributed by atoms with van der Waals surface area (Å²) in [6, 6.07) is 0.582. The van der Waals surface area contributed by atoms with Crippen molar-refractivity contribution in [1.82, 2.24) is 20.3 Å². The summed E-state index contributed by atoms with van der Waals surface area (Å²) in [5.41, 5.74) is -1.27. The number of nitrogens with zero attached hydrogens (tertiary/aromatic N) is 4. The van der Waals surface area contributed by atoms with Gasteiger partial charge in [-0.05, 0) is 26.8 Å². The number of aliphatic carboxylic acids is 1. The van der Waals surface area contributed by atoms with Crippen molar-refractivity contribution >= 4 is 40.7 Å². The number of carboxylic acids is 1. The largest absolute Gasteiger partial charge is 0.481 e. The van der Waals surface area contributed by atoms with Crippen LogP contribution in [0.25, 0.3) is 0 Å². The number of fused-ring (bicyclic) bond motifs is 1. The molecule has 4 atom stereocenters. The van der Waals surface area contributed by atoms with Crippen LogP contribution < -0.4 is 5.32 Å². The summed E-state index contributed by atoms with van der Waals surface area (Å²) in [6.07, 6.45) is 0.0463. The molecule has 11 nitrogen and oxygen atoms in total. The number of benzene rings is 1. The standard InChI is InChI=1S/C28H31ClF3N5O6S/c1-4-42-25(39)19-16(34-23(24-33-8-9-44-24)35-21(19)14-6-5-7-15(30)20(14)29)10-36-13-28(31,32)22-17(36)12-43-37(22)11-18(38)27(2,3)26(40)41/h5-9,17-18,21-22,38H,4,10-13H2,1-3H3,(H,34,35)(H,40,41)/t17-,18+,21+,22+/m1/s1. The van der Waals surface area contributed by atoms with Crippen LogP contribution in [0.2, 0.25) is 5.02 Å². The average molecular weight is 658 g/mol. The highest BCUT2D eigenvalue weighted by Gasteiger charge is 2.61. The van der Waals surface area contributed by atoms with Gasteiger partial charge in [0.15, 0.2) is 10.8 Å². The fourth-order valence-corrected chi connectivity index (χ4v) is 6.29. The monoisotopic (exact) mass is 657 g/mol. The summed E-state index contributed by atoms with van der Waals surface area (Å²) in [4.78, 5) is 41.0. The highest BCUT2D eigenvalue weighted by Crippen LogP contribution is 2.43. The minimum Gasteiger partial charge on any atom is -0.481 e. The molecule has 1 aromatic carbocycles. The minimum atomic E-state index is -3.33. The van der Waals surface area contributed by atoms with Crippen molar-refractivity contribution in [2.75, 3.05) is 32.8 Å². The lowest BCUT2D eigenvalue weighted by atomic mass is 9.86. The van der Waals surface area contributed by atoms with Gasteiger partial charge in [0.25, 0.3) is 5.92 Å². The summed E-state index contributed by atoms with van der Waals surface area (Å²) in [6.45, 7) is 2.65.